The average molecular weight is 470 g/mol. The third-order valence-corrected chi connectivity index (χ3v) is 2.71. The highest BCUT2D eigenvalue weighted by atomic mass is 17.3. The molecule has 0 unspecified atom stereocenters. The topological polar surface area (TPSA) is 217 Å². The minimum Gasteiger partial charge on any atom is -0.481 e. The summed E-state index contributed by atoms with van der Waals surface area (Å²) in [7, 11) is 0. The maximum Gasteiger partial charge on any atom is 0.549 e. The van der Waals surface area contributed by atoms with Gasteiger partial charge in [0.1, 0.15) is 13.2 Å². The summed E-state index contributed by atoms with van der Waals surface area (Å²) >= 11 is 0. The van der Waals surface area contributed by atoms with Crippen LogP contribution in [0.15, 0.2) is 0 Å². The molecule has 0 spiro atoms. The standard InChI is InChI=1S/C16H22O16/c17-11(18)3-9-29-13(21)25-5-1-7-27-15(23)31-32-16(24)28-8-2-6-26-14(22)30-10-4-12(19)20/h1-10H2,(H,17,18)(H,19,20). The molecule has 0 saturated heterocycles. The van der Waals surface area contributed by atoms with E-state index in [2.05, 4.69) is 38.2 Å². The van der Waals surface area contributed by atoms with Crippen LogP contribution in [0.3, 0.4) is 0 Å². The smallest absolute Gasteiger partial charge is 0.481 e. The molecule has 0 aliphatic rings. The molecule has 0 aromatic heterocycles. The highest BCUT2D eigenvalue weighted by molar-refractivity contribution is 5.68. The summed E-state index contributed by atoms with van der Waals surface area (Å²) in [5, 5.41) is 16.7. The Kier molecular flexibility index (Phi) is 15.6. The predicted molar refractivity (Wildman–Crippen MR) is 93.2 cm³/mol. The molecular formula is C16H22O16. The Morgan fingerprint density at radius 3 is 1.03 bits per heavy atom. The zero-order valence-corrected chi connectivity index (χ0v) is 16.7. The van der Waals surface area contributed by atoms with E-state index in [1.165, 1.54) is 0 Å². The van der Waals surface area contributed by atoms with Crippen LogP contribution in [0.2, 0.25) is 0 Å². The van der Waals surface area contributed by atoms with Crippen LogP contribution in [-0.2, 0) is 47.8 Å². The number of aliphatic carboxylic acids is 2. The SMILES string of the molecule is O=C(O)CCOC(=O)OCCCOC(=O)OOC(=O)OCCCOC(=O)OCCC(=O)O. The lowest BCUT2D eigenvalue weighted by Gasteiger charge is -2.07. The summed E-state index contributed by atoms with van der Waals surface area (Å²) in [6.45, 7) is -1.62. The molecule has 0 radical (unpaired) electrons. The summed E-state index contributed by atoms with van der Waals surface area (Å²) < 4.78 is 27.0. The first-order chi connectivity index (χ1) is 15.2. The Bertz CT molecular complexity index is 576. The van der Waals surface area contributed by atoms with E-state index in [-0.39, 0.29) is 65.3 Å². The van der Waals surface area contributed by atoms with Crippen molar-refractivity contribution in [3.05, 3.63) is 0 Å². The molecule has 0 aromatic carbocycles. The van der Waals surface area contributed by atoms with Gasteiger partial charge in [0, 0.05) is 12.8 Å². The molecule has 2 N–H and O–H groups in total. The third-order valence-electron chi connectivity index (χ3n) is 2.71. The summed E-state index contributed by atoms with van der Waals surface area (Å²) in [6.07, 6.45) is -5.56. The summed E-state index contributed by atoms with van der Waals surface area (Å²) in [5.74, 6) is -2.28. The molecule has 0 heterocycles. The Morgan fingerprint density at radius 1 is 0.438 bits per heavy atom. The van der Waals surface area contributed by atoms with E-state index in [9.17, 15) is 28.8 Å². The highest BCUT2D eigenvalue weighted by Crippen LogP contribution is 1.97. The van der Waals surface area contributed by atoms with Crippen LogP contribution in [0.4, 0.5) is 19.2 Å². The van der Waals surface area contributed by atoms with Crippen molar-refractivity contribution in [2.75, 3.05) is 39.6 Å². The van der Waals surface area contributed by atoms with Gasteiger partial charge in [0.15, 0.2) is 0 Å². The van der Waals surface area contributed by atoms with Crippen molar-refractivity contribution in [2.45, 2.75) is 25.7 Å². The molecule has 0 rings (SSSR count). The second-order valence-corrected chi connectivity index (χ2v) is 5.25. The number of hydrogen-bond acceptors (Lipinski definition) is 14. The molecule has 182 valence electrons. The molecule has 0 aliphatic heterocycles. The van der Waals surface area contributed by atoms with E-state index < -0.39 is 36.6 Å². The number of carbonyl (C=O) groups is 6. The first-order valence-electron chi connectivity index (χ1n) is 8.91. The Morgan fingerprint density at radius 2 is 0.719 bits per heavy atom. The van der Waals surface area contributed by atoms with E-state index in [4.69, 9.17) is 10.2 Å². The van der Waals surface area contributed by atoms with Crippen LogP contribution < -0.4 is 0 Å². The zero-order valence-electron chi connectivity index (χ0n) is 16.7. The number of carbonyl (C=O) groups excluding carboxylic acids is 4. The van der Waals surface area contributed by atoms with Gasteiger partial charge in [-0.2, -0.15) is 19.4 Å². The largest absolute Gasteiger partial charge is 0.549 e. The summed E-state index contributed by atoms with van der Waals surface area (Å²) in [5.41, 5.74) is 0. The number of carboxylic acid groups (broad SMARTS) is 2. The van der Waals surface area contributed by atoms with Crippen molar-refractivity contribution in [2.24, 2.45) is 0 Å². The fourth-order valence-electron chi connectivity index (χ4n) is 1.38. The zero-order chi connectivity index (χ0) is 24.2. The minimum atomic E-state index is -1.38. The van der Waals surface area contributed by atoms with E-state index in [0.29, 0.717) is 0 Å². The minimum absolute atomic E-state index is 0.0479. The Hall–Kier alpha value is -3.98. The van der Waals surface area contributed by atoms with Gasteiger partial charge >= 0.3 is 36.6 Å². The van der Waals surface area contributed by atoms with Gasteiger partial charge in [-0.05, 0) is 0 Å². The molecular weight excluding hydrogens is 448 g/mol. The van der Waals surface area contributed by atoms with Crippen LogP contribution >= 0.6 is 0 Å². The lowest BCUT2D eigenvalue weighted by atomic mass is 10.5. The van der Waals surface area contributed by atoms with E-state index in [1.54, 1.807) is 0 Å². The van der Waals surface area contributed by atoms with Gasteiger partial charge in [-0.3, -0.25) is 9.59 Å². The van der Waals surface area contributed by atoms with Gasteiger partial charge in [-0.15, -0.1) is 0 Å². The van der Waals surface area contributed by atoms with Crippen LogP contribution in [0.25, 0.3) is 0 Å². The van der Waals surface area contributed by atoms with Crippen LogP contribution in [-0.4, -0.2) is 86.4 Å². The van der Waals surface area contributed by atoms with Crippen molar-refractivity contribution in [1.82, 2.24) is 0 Å². The first-order valence-corrected chi connectivity index (χ1v) is 8.91. The predicted octanol–water partition coefficient (Wildman–Crippen LogP) is 1.24. The molecule has 32 heavy (non-hydrogen) atoms. The van der Waals surface area contributed by atoms with E-state index in [0.717, 1.165) is 0 Å². The maximum absolute atomic E-state index is 11.2. The number of rotatable bonds is 14. The molecule has 0 amide bonds. The second-order valence-electron chi connectivity index (χ2n) is 5.25. The van der Waals surface area contributed by atoms with Crippen molar-refractivity contribution >= 4 is 36.6 Å². The molecule has 0 aromatic rings. The van der Waals surface area contributed by atoms with Crippen molar-refractivity contribution in [3.8, 4) is 0 Å². The lowest BCUT2D eigenvalue weighted by Crippen LogP contribution is -2.17. The summed E-state index contributed by atoms with van der Waals surface area (Å²) in [4.78, 5) is 72.8. The molecule has 0 bridgehead atoms. The Labute approximate surface area is 180 Å². The van der Waals surface area contributed by atoms with Crippen LogP contribution in [0.5, 0.6) is 0 Å². The number of hydrogen-bond donors (Lipinski definition) is 2. The third kappa shape index (κ3) is 19.3. The second kappa shape index (κ2) is 17.8. The average Bonchev–Trinajstić information content (AvgIpc) is 2.71. The van der Waals surface area contributed by atoms with Gasteiger partial charge in [-0.1, -0.05) is 0 Å². The van der Waals surface area contributed by atoms with E-state index >= 15 is 0 Å². The quantitative estimate of drug-likeness (QED) is 0.120. The van der Waals surface area contributed by atoms with Gasteiger partial charge in [-0.25, -0.2) is 9.59 Å². The van der Waals surface area contributed by atoms with Crippen LogP contribution in [0, 0.1) is 0 Å². The van der Waals surface area contributed by atoms with Crippen molar-refractivity contribution in [1.29, 1.82) is 0 Å². The molecule has 0 fully saturated rings. The van der Waals surface area contributed by atoms with E-state index in [1.807, 2.05) is 0 Å². The van der Waals surface area contributed by atoms with Gasteiger partial charge in [0.05, 0.1) is 39.3 Å². The fourth-order valence-corrected chi connectivity index (χ4v) is 1.38. The fraction of sp³-hybridized carbons (Fsp3) is 0.625. The molecule has 0 atom stereocenters. The number of ether oxygens (including phenoxy) is 6. The van der Waals surface area contributed by atoms with Crippen molar-refractivity contribution < 1.29 is 77.2 Å². The van der Waals surface area contributed by atoms with Gasteiger partial charge < -0.3 is 38.6 Å². The highest BCUT2D eigenvalue weighted by Gasteiger charge is 2.13. The normalized spacial score (nSPS) is 9.62. The monoisotopic (exact) mass is 470 g/mol. The lowest BCUT2D eigenvalue weighted by molar-refractivity contribution is -0.218. The Balaban J connectivity index is 3.57. The van der Waals surface area contributed by atoms with Crippen LogP contribution in [0.1, 0.15) is 25.7 Å². The maximum atomic E-state index is 11.2. The summed E-state index contributed by atoms with van der Waals surface area (Å²) in [6, 6.07) is 0. The number of carboxylic acids is 2. The molecule has 0 aliphatic carbocycles. The first kappa shape index (κ1) is 28.0. The van der Waals surface area contributed by atoms with Gasteiger partial charge in [0.2, 0.25) is 0 Å². The molecule has 16 heteroatoms. The van der Waals surface area contributed by atoms with Gasteiger partial charge in [0.25, 0.3) is 0 Å². The molecule has 16 nitrogen and oxygen atoms in total. The molecule has 0 saturated carbocycles. The van der Waals surface area contributed by atoms with Crippen molar-refractivity contribution in [3.63, 3.8) is 0 Å².